The number of hydrogen-bond acceptors (Lipinski definition) is 5. The highest BCUT2D eigenvalue weighted by atomic mass is 32.1. The summed E-state index contributed by atoms with van der Waals surface area (Å²) in [5.74, 6) is -0.801. The van der Waals surface area contributed by atoms with Crippen LogP contribution in [0.4, 0.5) is 0 Å². The van der Waals surface area contributed by atoms with Crippen molar-refractivity contribution < 1.29 is 24.5 Å². The van der Waals surface area contributed by atoms with E-state index in [1.165, 1.54) is 28.0 Å². The minimum Gasteiger partial charge on any atom is -0.485 e. The zero-order chi connectivity index (χ0) is 27.5. The maximum absolute atomic E-state index is 12.4. The van der Waals surface area contributed by atoms with Gasteiger partial charge in [0.05, 0.1) is 11.3 Å². The molecule has 3 aromatic rings. The summed E-state index contributed by atoms with van der Waals surface area (Å²) in [7, 11) is 0. The Hall–Kier alpha value is -3.16. The number of hydrogen-bond donors (Lipinski definition) is 3. The molecular formula is C30H37NO5S. The van der Waals surface area contributed by atoms with Crippen LogP contribution in [-0.4, -0.2) is 28.3 Å². The lowest BCUT2D eigenvalue weighted by Crippen LogP contribution is -2.35. The minimum atomic E-state index is -1.44. The highest BCUT2D eigenvalue weighted by Crippen LogP contribution is 2.37. The van der Waals surface area contributed by atoms with Crippen LogP contribution in [0.5, 0.6) is 5.75 Å². The van der Waals surface area contributed by atoms with Crippen molar-refractivity contribution in [3.63, 3.8) is 0 Å². The van der Waals surface area contributed by atoms with Gasteiger partial charge in [-0.25, -0.2) is 0 Å². The third kappa shape index (κ3) is 7.21. The second-order valence-corrected chi connectivity index (χ2v) is 11.9. The molecule has 0 aliphatic carbocycles. The molecule has 3 rings (SSSR count). The number of amides is 1. The quantitative estimate of drug-likeness (QED) is 0.274. The van der Waals surface area contributed by atoms with E-state index in [1.54, 1.807) is 6.07 Å². The third-order valence-electron chi connectivity index (χ3n) is 6.21. The monoisotopic (exact) mass is 523 g/mol. The molecule has 0 fully saturated rings. The summed E-state index contributed by atoms with van der Waals surface area (Å²) < 4.78 is 6.46. The molecule has 6 nitrogen and oxygen atoms in total. The van der Waals surface area contributed by atoms with Crippen molar-refractivity contribution in [3.05, 3.63) is 75.0 Å². The van der Waals surface area contributed by atoms with Gasteiger partial charge in [0.15, 0.2) is 0 Å². The number of aliphatic hydroxyl groups excluding tert-OH is 1. The molecule has 0 aliphatic heterocycles. The van der Waals surface area contributed by atoms with E-state index in [-0.39, 0.29) is 17.4 Å². The molecule has 198 valence electrons. The Morgan fingerprint density at radius 3 is 2.11 bits per heavy atom. The van der Waals surface area contributed by atoms with E-state index in [0.29, 0.717) is 4.88 Å². The molecule has 2 atom stereocenters. The van der Waals surface area contributed by atoms with Crippen molar-refractivity contribution in [2.24, 2.45) is 5.92 Å². The van der Waals surface area contributed by atoms with Crippen molar-refractivity contribution >= 4 is 23.2 Å². The SMILES string of the molecule is Cc1cc(OC(c2ccc(C(=O)N[C@@H](O)CC(=O)O)s2)C(C)C)cc(C)c1-c1ccc(C(C)(C)C)cc1. The van der Waals surface area contributed by atoms with Crippen LogP contribution in [0, 0.1) is 19.8 Å². The number of carboxylic acid groups (broad SMARTS) is 1. The van der Waals surface area contributed by atoms with Gasteiger partial charge in [0, 0.05) is 4.88 Å². The lowest BCUT2D eigenvalue weighted by Gasteiger charge is -2.23. The first-order valence-electron chi connectivity index (χ1n) is 12.5. The number of nitrogens with one attached hydrogen (secondary N) is 1. The van der Waals surface area contributed by atoms with Crippen LogP contribution in [0.2, 0.25) is 0 Å². The highest BCUT2D eigenvalue weighted by molar-refractivity contribution is 7.14. The summed E-state index contributed by atoms with van der Waals surface area (Å²) in [5, 5.41) is 20.8. The first kappa shape index (κ1) is 28.4. The van der Waals surface area contributed by atoms with E-state index < -0.39 is 24.5 Å². The lowest BCUT2D eigenvalue weighted by atomic mass is 9.85. The molecule has 0 radical (unpaired) electrons. The number of carboxylic acids is 1. The molecule has 7 heteroatoms. The van der Waals surface area contributed by atoms with Crippen LogP contribution in [0.1, 0.15) is 78.4 Å². The zero-order valence-electron chi connectivity index (χ0n) is 22.6. The van der Waals surface area contributed by atoms with Crippen molar-refractivity contribution in [2.75, 3.05) is 0 Å². The van der Waals surface area contributed by atoms with Gasteiger partial charge in [0.25, 0.3) is 5.91 Å². The lowest BCUT2D eigenvalue weighted by molar-refractivity contribution is -0.139. The summed E-state index contributed by atoms with van der Waals surface area (Å²) in [6.45, 7) is 14.9. The van der Waals surface area contributed by atoms with Gasteiger partial charge >= 0.3 is 5.97 Å². The summed E-state index contributed by atoms with van der Waals surface area (Å²) in [5.41, 5.74) is 6.02. The van der Waals surface area contributed by atoms with Gasteiger partial charge in [-0.2, -0.15) is 0 Å². The van der Waals surface area contributed by atoms with Gasteiger partial charge < -0.3 is 20.3 Å². The Balaban J connectivity index is 1.81. The molecule has 1 aromatic heterocycles. The number of ether oxygens (including phenoxy) is 1. The number of aryl methyl sites for hydroxylation is 2. The number of carbonyl (C=O) groups is 2. The fourth-order valence-corrected chi connectivity index (χ4v) is 5.43. The molecule has 0 saturated carbocycles. The minimum absolute atomic E-state index is 0.104. The molecule has 0 bridgehead atoms. The van der Waals surface area contributed by atoms with E-state index in [1.807, 2.05) is 6.07 Å². The predicted molar refractivity (Wildman–Crippen MR) is 148 cm³/mol. The Kier molecular flexibility index (Phi) is 8.82. The average Bonchev–Trinajstić information content (AvgIpc) is 3.26. The highest BCUT2D eigenvalue weighted by Gasteiger charge is 2.23. The van der Waals surface area contributed by atoms with Gasteiger partial charge in [0.2, 0.25) is 0 Å². The van der Waals surface area contributed by atoms with Crippen molar-refractivity contribution in [1.29, 1.82) is 0 Å². The second kappa shape index (κ2) is 11.5. The van der Waals surface area contributed by atoms with Crippen LogP contribution < -0.4 is 10.1 Å². The molecule has 1 amide bonds. The van der Waals surface area contributed by atoms with Crippen LogP contribution in [0.25, 0.3) is 11.1 Å². The van der Waals surface area contributed by atoms with Crippen LogP contribution >= 0.6 is 11.3 Å². The average molecular weight is 524 g/mol. The van der Waals surface area contributed by atoms with E-state index >= 15 is 0 Å². The van der Waals surface area contributed by atoms with Crippen LogP contribution in [-0.2, 0) is 10.2 Å². The van der Waals surface area contributed by atoms with Gasteiger partial charge in [-0.05, 0) is 77.3 Å². The number of rotatable bonds is 9. The summed E-state index contributed by atoms with van der Waals surface area (Å²) in [6.07, 6.45) is -2.27. The number of aliphatic hydroxyl groups is 1. The number of carbonyl (C=O) groups excluding carboxylic acids is 1. The number of thiophene rings is 1. The smallest absolute Gasteiger partial charge is 0.307 e. The maximum Gasteiger partial charge on any atom is 0.307 e. The number of aliphatic carboxylic acids is 1. The van der Waals surface area contributed by atoms with Crippen molar-refractivity contribution in [2.45, 2.75) is 72.6 Å². The standard InChI is InChI=1S/C30H37NO5S/c1-17(2)28(23-12-13-24(37-23)29(35)31-25(32)16-26(33)34)36-22-14-18(3)27(19(4)15-22)20-8-10-21(11-9-20)30(5,6)7/h8-15,17,25,28,32H,16H2,1-7H3,(H,31,35)(H,33,34)/t25-,28?/m0/s1. The Bertz CT molecular complexity index is 1230. The number of benzene rings is 2. The van der Waals surface area contributed by atoms with Crippen LogP contribution in [0.3, 0.4) is 0 Å². The van der Waals surface area contributed by atoms with E-state index in [9.17, 15) is 14.7 Å². The Morgan fingerprint density at radius 1 is 1.00 bits per heavy atom. The van der Waals surface area contributed by atoms with Gasteiger partial charge in [-0.3, -0.25) is 9.59 Å². The normalized spacial score (nSPS) is 13.3. The molecular weight excluding hydrogens is 486 g/mol. The van der Waals surface area contributed by atoms with Gasteiger partial charge in [-0.15, -0.1) is 11.3 Å². The zero-order valence-corrected chi connectivity index (χ0v) is 23.4. The molecule has 0 spiro atoms. The molecule has 2 aromatic carbocycles. The van der Waals surface area contributed by atoms with E-state index in [2.05, 4.69) is 90.2 Å². The van der Waals surface area contributed by atoms with E-state index in [4.69, 9.17) is 9.84 Å². The summed E-state index contributed by atoms with van der Waals surface area (Å²) >= 11 is 1.27. The first-order chi connectivity index (χ1) is 17.3. The molecule has 3 N–H and O–H groups in total. The van der Waals surface area contributed by atoms with Gasteiger partial charge in [-0.1, -0.05) is 58.9 Å². The van der Waals surface area contributed by atoms with Crippen LogP contribution in [0.15, 0.2) is 48.5 Å². The fourth-order valence-electron chi connectivity index (χ4n) is 4.32. The molecule has 37 heavy (non-hydrogen) atoms. The van der Waals surface area contributed by atoms with Crippen molar-refractivity contribution in [3.8, 4) is 16.9 Å². The summed E-state index contributed by atoms with van der Waals surface area (Å²) in [4.78, 5) is 24.5. The molecule has 0 saturated heterocycles. The van der Waals surface area contributed by atoms with Crippen molar-refractivity contribution in [1.82, 2.24) is 5.32 Å². The molecule has 1 heterocycles. The third-order valence-corrected chi connectivity index (χ3v) is 7.36. The van der Waals surface area contributed by atoms with E-state index in [0.717, 1.165) is 21.8 Å². The fraction of sp³-hybridized carbons (Fsp3) is 0.400. The summed E-state index contributed by atoms with van der Waals surface area (Å²) in [6, 6.07) is 16.4. The largest absolute Gasteiger partial charge is 0.485 e. The first-order valence-corrected chi connectivity index (χ1v) is 13.3. The topological polar surface area (TPSA) is 95.9 Å². The molecule has 1 unspecified atom stereocenters. The second-order valence-electron chi connectivity index (χ2n) is 10.8. The Labute approximate surface area is 223 Å². The maximum atomic E-state index is 12.4. The predicted octanol–water partition coefficient (Wildman–Crippen LogP) is 6.63. The van der Waals surface area contributed by atoms with Gasteiger partial charge in [0.1, 0.15) is 18.1 Å². The molecule has 0 aliphatic rings. The Morgan fingerprint density at radius 2 is 1.59 bits per heavy atom.